The Bertz CT molecular complexity index is 1260. The maximum Gasteiger partial charge on any atom is 0.264 e. The predicted octanol–water partition coefficient (Wildman–Crippen LogP) is 2.54. The number of amides is 1. The number of hydrogen-bond acceptors (Lipinski definition) is 6. The molecule has 0 spiro atoms. The monoisotopic (exact) mass is 476 g/mol. The minimum atomic E-state index is -2.91. The number of benzene rings is 1. The zero-order valence-electron chi connectivity index (χ0n) is 17.8. The second kappa shape index (κ2) is 8.24. The molecule has 5 rings (SSSR count). The van der Waals surface area contributed by atoms with Crippen molar-refractivity contribution < 1.29 is 17.6 Å². The molecule has 4 heterocycles. The molecule has 2 fully saturated rings. The number of sulfone groups is 1. The van der Waals surface area contributed by atoms with Gasteiger partial charge in [-0.1, -0.05) is 12.1 Å². The van der Waals surface area contributed by atoms with Crippen LogP contribution in [0.25, 0.3) is 10.2 Å². The molecule has 0 radical (unpaired) electrons. The van der Waals surface area contributed by atoms with E-state index in [4.69, 9.17) is 0 Å². The van der Waals surface area contributed by atoms with Crippen LogP contribution in [0.3, 0.4) is 0 Å². The summed E-state index contributed by atoms with van der Waals surface area (Å²) in [6.45, 7) is 5.05. The van der Waals surface area contributed by atoms with Gasteiger partial charge in [0.2, 0.25) is 0 Å². The van der Waals surface area contributed by atoms with Gasteiger partial charge in [0.25, 0.3) is 5.91 Å². The van der Waals surface area contributed by atoms with Crippen molar-refractivity contribution >= 4 is 37.3 Å². The molecule has 10 heteroatoms. The van der Waals surface area contributed by atoms with Crippen molar-refractivity contribution in [2.24, 2.45) is 0 Å². The molecule has 170 valence electrons. The van der Waals surface area contributed by atoms with Gasteiger partial charge in [-0.2, -0.15) is 5.10 Å². The van der Waals surface area contributed by atoms with Crippen LogP contribution in [0.1, 0.15) is 27.3 Å². The number of carbonyl (C=O) groups excluding carboxylic acids is 1. The van der Waals surface area contributed by atoms with Gasteiger partial charge < -0.3 is 4.90 Å². The predicted molar refractivity (Wildman–Crippen MR) is 122 cm³/mol. The summed E-state index contributed by atoms with van der Waals surface area (Å²) in [6.07, 6.45) is 0.691. The lowest BCUT2D eigenvalue weighted by Crippen LogP contribution is -2.52. The van der Waals surface area contributed by atoms with Gasteiger partial charge in [-0.15, -0.1) is 11.3 Å². The number of fused-ring (bicyclic) bond motifs is 1. The molecular formula is C22H25FN4O3S2. The van der Waals surface area contributed by atoms with Crippen LogP contribution in [0.4, 0.5) is 4.39 Å². The highest BCUT2D eigenvalue weighted by Crippen LogP contribution is 2.30. The first-order valence-electron chi connectivity index (χ1n) is 10.7. The van der Waals surface area contributed by atoms with Gasteiger partial charge in [-0.3, -0.25) is 14.4 Å². The van der Waals surface area contributed by atoms with Gasteiger partial charge >= 0.3 is 0 Å². The Morgan fingerprint density at radius 1 is 1.19 bits per heavy atom. The van der Waals surface area contributed by atoms with Gasteiger partial charge in [0.15, 0.2) is 9.84 Å². The summed E-state index contributed by atoms with van der Waals surface area (Å²) in [5, 5.41) is 5.57. The summed E-state index contributed by atoms with van der Waals surface area (Å²) in [4.78, 5) is 18.9. The molecule has 1 unspecified atom stereocenters. The molecule has 2 saturated heterocycles. The Morgan fingerprint density at radius 3 is 2.56 bits per heavy atom. The zero-order chi connectivity index (χ0) is 22.5. The van der Waals surface area contributed by atoms with Gasteiger partial charge in [0, 0.05) is 37.6 Å². The fraction of sp³-hybridized carbons (Fsp3) is 0.455. The summed E-state index contributed by atoms with van der Waals surface area (Å²) in [5.41, 5.74) is 1.81. The number of carbonyl (C=O) groups is 1. The smallest absolute Gasteiger partial charge is 0.264 e. The van der Waals surface area contributed by atoms with Crippen LogP contribution in [-0.4, -0.2) is 77.6 Å². The largest absolute Gasteiger partial charge is 0.335 e. The van der Waals surface area contributed by atoms with E-state index < -0.39 is 9.84 Å². The molecule has 7 nitrogen and oxygen atoms in total. The molecule has 0 saturated carbocycles. The van der Waals surface area contributed by atoms with Crippen LogP contribution in [0, 0.1) is 12.7 Å². The molecule has 2 aliphatic rings. The third kappa shape index (κ3) is 4.18. The van der Waals surface area contributed by atoms with Gasteiger partial charge in [-0.05, 0) is 37.1 Å². The molecule has 3 aromatic rings. The summed E-state index contributed by atoms with van der Waals surface area (Å²) in [5.74, 6) is 0.250. The fourth-order valence-corrected chi connectivity index (χ4v) is 7.49. The standard InChI is InChI=1S/C22H25FN4O3S2/c1-15-19-12-20(31-22(19)27(24-15)13-16-2-4-17(23)5-3-16)21(28)26-9-7-25(8-10-26)18-6-11-32(29,30)14-18/h2-5,12,18H,6-11,13-14H2,1H3. The number of piperazine rings is 1. The number of aryl methyl sites for hydroxylation is 1. The summed E-state index contributed by atoms with van der Waals surface area (Å²) < 4.78 is 38.6. The topological polar surface area (TPSA) is 75.5 Å². The number of thiophene rings is 1. The summed E-state index contributed by atoms with van der Waals surface area (Å²) >= 11 is 1.44. The first-order valence-corrected chi connectivity index (χ1v) is 13.4. The highest BCUT2D eigenvalue weighted by Gasteiger charge is 2.34. The minimum Gasteiger partial charge on any atom is -0.335 e. The molecule has 1 atom stereocenters. The van der Waals surface area contributed by atoms with E-state index in [1.54, 1.807) is 12.1 Å². The average molecular weight is 477 g/mol. The van der Waals surface area contributed by atoms with Gasteiger partial charge in [0.1, 0.15) is 10.6 Å². The van der Waals surface area contributed by atoms with E-state index in [1.165, 1.54) is 23.5 Å². The lowest BCUT2D eigenvalue weighted by atomic mass is 10.2. The highest BCUT2D eigenvalue weighted by atomic mass is 32.2. The third-order valence-electron chi connectivity index (χ3n) is 6.39. The van der Waals surface area contributed by atoms with E-state index in [9.17, 15) is 17.6 Å². The number of rotatable bonds is 4. The van der Waals surface area contributed by atoms with E-state index in [0.29, 0.717) is 44.0 Å². The Balaban J connectivity index is 1.29. The summed E-state index contributed by atoms with van der Waals surface area (Å²) in [6, 6.07) is 8.36. The normalized spacial score (nSPS) is 21.4. The van der Waals surface area contributed by atoms with Crippen molar-refractivity contribution in [1.29, 1.82) is 0 Å². The highest BCUT2D eigenvalue weighted by molar-refractivity contribution is 7.91. The SMILES string of the molecule is Cc1nn(Cc2ccc(F)cc2)c2sc(C(=O)N3CCN(C4CCS(=O)(=O)C4)CC3)cc12. The second-order valence-electron chi connectivity index (χ2n) is 8.58. The van der Waals surface area contributed by atoms with Gasteiger partial charge in [0.05, 0.1) is 28.6 Å². The number of nitrogens with zero attached hydrogens (tertiary/aromatic N) is 4. The van der Waals surface area contributed by atoms with Crippen molar-refractivity contribution in [3.63, 3.8) is 0 Å². The van der Waals surface area contributed by atoms with Crippen molar-refractivity contribution in [3.05, 3.63) is 52.3 Å². The molecule has 2 aliphatic heterocycles. The average Bonchev–Trinajstić information content (AvgIpc) is 3.45. The van der Waals surface area contributed by atoms with E-state index in [0.717, 1.165) is 21.5 Å². The number of halogens is 1. The quantitative estimate of drug-likeness (QED) is 0.579. The first kappa shape index (κ1) is 21.5. The maximum atomic E-state index is 13.2. The van der Waals surface area contributed by atoms with E-state index in [2.05, 4.69) is 10.00 Å². The molecule has 0 aliphatic carbocycles. The molecule has 1 aromatic carbocycles. The Kier molecular flexibility index (Phi) is 5.55. The van der Waals surface area contributed by atoms with Crippen LogP contribution in [0.2, 0.25) is 0 Å². The molecular weight excluding hydrogens is 451 g/mol. The minimum absolute atomic E-state index is 0.0117. The first-order chi connectivity index (χ1) is 15.3. The van der Waals surface area contributed by atoms with Gasteiger partial charge in [-0.25, -0.2) is 12.8 Å². The fourth-order valence-electron chi connectivity index (χ4n) is 4.60. The van der Waals surface area contributed by atoms with Crippen LogP contribution >= 0.6 is 11.3 Å². The van der Waals surface area contributed by atoms with E-state index in [1.807, 2.05) is 22.6 Å². The zero-order valence-corrected chi connectivity index (χ0v) is 19.5. The lowest BCUT2D eigenvalue weighted by Gasteiger charge is -2.37. The third-order valence-corrected chi connectivity index (χ3v) is 9.28. The van der Waals surface area contributed by atoms with Crippen molar-refractivity contribution in [2.45, 2.75) is 25.9 Å². The van der Waals surface area contributed by atoms with Crippen molar-refractivity contribution in [1.82, 2.24) is 19.6 Å². The summed E-state index contributed by atoms with van der Waals surface area (Å²) in [7, 11) is -2.91. The van der Waals surface area contributed by atoms with Crippen LogP contribution in [0.15, 0.2) is 30.3 Å². The Labute approximate surface area is 190 Å². The Hall–Kier alpha value is -2.30. The van der Waals surface area contributed by atoms with Crippen molar-refractivity contribution in [3.8, 4) is 0 Å². The van der Waals surface area contributed by atoms with Crippen molar-refractivity contribution in [2.75, 3.05) is 37.7 Å². The van der Waals surface area contributed by atoms with Crippen LogP contribution in [0.5, 0.6) is 0 Å². The number of hydrogen-bond donors (Lipinski definition) is 0. The molecule has 1 amide bonds. The molecule has 32 heavy (non-hydrogen) atoms. The number of aromatic nitrogens is 2. The Morgan fingerprint density at radius 2 is 1.91 bits per heavy atom. The molecule has 2 aromatic heterocycles. The maximum absolute atomic E-state index is 13.2. The lowest BCUT2D eigenvalue weighted by molar-refractivity contribution is 0.0592. The van der Waals surface area contributed by atoms with E-state index >= 15 is 0 Å². The molecule has 0 bridgehead atoms. The molecule has 0 N–H and O–H groups in total. The van der Waals surface area contributed by atoms with E-state index in [-0.39, 0.29) is 29.3 Å². The second-order valence-corrected chi connectivity index (χ2v) is 11.8. The van der Waals surface area contributed by atoms with Crippen LogP contribution in [-0.2, 0) is 16.4 Å². The van der Waals surface area contributed by atoms with Crippen LogP contribution < -0.4 is 0 Å².